The fourth-order valence-electron chi connectivity index (χ4n) is 4.86. The van der Waals surface area contributed by atoms with Gasteiger partial charge in [-0.3, -0.25) is 9.69 Å². The fourth-order valence-corrected chi connectivity index (χ4v) is 4.86. The van der Waals surface area contributed by atoms with Gasteiger partial charge >= 0.3 is 5.97 Å². The highest BCUT2D eigenvalue weighted by Gasteiger charge is 2.41. The molecule has 0 aromatic rings. The molecule has 0 radical (unpaired) electrons. The van der Waals surface area contributed by atoms with Crippen LogP contribution in [0.15, 0.2) is 0 Å². The molecule has 4 heteroatoms. The largest absolute Gasteiger partial charge is 0.481 e. The van der Waals surface area contributed by atoms with Gasteiger partial charge in [-0.2, -0.15) is 0 Å². The smallest absolute Gasteiger partial charge is 0.306 e. The van der Waals surface area contributed by atoms with Crippen LogP contribution >= 0.6 is 0 Å². The Labute approximate surface area is 127 Å². The van der Waals surface area contributed by atoms with Gasteiger partial charge in [-0.15, -0.1) is 0 Å². The summed E-state index contributed by atoms with van der Waals surface area (Å²) in [6.45, 7) is 1.88. The van der Waals surface area contributed by atoms with Crippen molar-refractivity contribution in [3.8, 4) is 0 Å². The zero-order chi connectivity index (χ0) is 14.9. The van der Waals surface area contributed by atoms with E-state index in [-0.39, 0.29) is 5.92 Å². The molecule has 21 heavy (non-hydrogen) atoms. The minimum absolute atomic E-state index is 0.242. The summed E-state index contributed by atoms with van der Waals surface area (Å²) in [5, 5.41) is 20.0. The van der Waals surface area contributed by atoms with Crippen LogP contribution in [0.1, 0.15) is 64.2 Å². The Kier molecular flexibility index (Phi) is 4.55. The van der Waals surface area contributed by atoms with Crippen LogP contribution in [-0.2, 0) is 4.79 Å². The molecule has 0 unspecified atom stereocenters. The van der Waals surface area contributed by atoms with E-state index in [9.17, 15) is 9.90 Å². The van der Waals surface area contributed by atoms with E-state index in [0.29, 0.717) is 31.7 Å². The molecule has 0 aromatic carbocycles. The van der Waals surface area contributed by atoms with Crippen molar-refractivity contribution >= 4 is 5.97 Å². The van der Waals surface area contributed by atoms with Crippen molar-refractivity contribution in [2.75, 3.05) is 13.1 Å². The van der Waals surface area contributed by atoms with Crippen molar-refractivity contribution in [1.82, 2.24) is 4.90 Å². The number of carbonyl (C=O) groups is 1. The lowest BCUT2D eigenvalue weighted by Gasteiger charge is -2.48. The van der Waals surface area contributed by atoms with Gasteiger partial charge in [0.15, 0.2) is 0 Å². The lowest BCUT2D eigenvalue weighted by Crippen LogP contribution is -2.54. The molecule has 2 aliphatic carbocycles. The average molecular weight is 295 g/mol. The molecule has 0 amide bonds. The van der Waals surface area contributed by atoms with Crippen LogP contribution in [0.4, 0.5) is 0 Å². The first-order valence-electron chi connectivity index (χ1n) is 8.77. The van der Waals surface area contributed by atoms with Gasteiger partial charge in [0, 0.05) is 12.6 Å². The number of aliphatic carboxylic acids is 1. The first kappa shape index (κ1) is 15.3. The second-order valence-corrected chi connectivity index (χ2v) is 7.56. The number of fused-ring (bicyclic) bond motifs is 1. The van der Waals surface area contributed by atoms with Crippen LogP contribution in [0.2, 0.25) is 0 Å². The molecule has 2 atom stereocenters. The van der Waals surface area contributed by atoms with Crippen molar-refractivity contribution in [3.63, 3.8) is 0 Å². The third kappa shape index (κ3) is 3.42. The number of hydrogen-bond acceptors (Lipinski definition) is 3. The Morgan fingerprint density at radius 3 is 2.43 bits per heavy atom. The van der Waals surface area contributed by atoms with Gasteiger partial charge < -0.3 is 10.2 Å². The van der Waals surface area contributed by atoms with E-state index < -0.39 is 11.6 Å². The fraction of sp³-hybridized carbons (Fsp3) is 0.941. The summed E-state index contributed by atoms with van der Waals surface area (Å²) in [4.78, 5) is 13.6. The molecule has 2 N–H and O–H groups in total. The second kappa shape index (κ2) is 6.25. The molecule has 3 rings (SSSR count). The highest BCUT2D eigenvalue weighted by molar-refractivity contribution is 5.70. The molecule has 0 spiro atoms. The lowest BCUT2D eigenvalue weighted by atomic mass is 9.75. The Morgan fingerprint density at radius 2 is 1.71 bits per heavy atom. The summed E-state index contributed by atoms with van der Waals surface area (Å²) in [5.41, 5.74) is -0.648. The number of β-amino-alcohol motifs (C(OH)–C–C–N with tert-alkyl or cyclic N) is 1. The Bertz CT molecular complexity index is 374. The van der Waals surface area contributed by atoms with Crippen molar-refractivity contribution in [2.45, 2.75) is 75.9 Å². The summed E-state index contributed by atoms with van der Waals surface area (Å²) >= 11 is 0. The van der Waals surface area contributed by atoms with Crippen molar-refractivity contribution < 1.29 is 15.0 Å². The molecule has 3 fully saturated rings. The minimum Gasteiger partial charge on any atom is -0.481 e. The van der Waals surface area contributed by atoms with Crippen molar-refractivity contribution in [1.29, 1.82) is 0 Å². The zero-order valence-electron chi connectivity index (χ0n) is 13.0. The first-order valence-corrected chi connectivity index (χ1v) is 8.77. The number of likely N-dealkylation sites (tertiary alicyclic amines) is 1. The Hall–Kier alpha value is -0.610. The molecule has 1 heterocycles. The standard InChI is InChI=1S/C17H29NO3/c19-16(20)14-7-9-17(21,10-8-14)12-18-11-3-5-13-4-1-2-6-15(13)18/h13-15,21H,1-12H2,(H,19,20)/t13-,14?,15-,17?/m1/s1. The summed E-state index contributed by atoms with van der Waals surface area (Å²) in [7, 11) is 0. The molecular weight excluding hydrogens is 266 g/mol. The van der Waals surface area contributed by atoms with E-state index >= 15 is 0 Å². The molecule has 120 valence electrons. The van der Waals surface area contributed by atoms with E-state index in [1.165, 1.54) is 38.5 Å². The number of hydrogen-bond donors (Lipinski definition) is 2. The second-order valence-electron chi connectivity index (χ2n) is 7.56. The maximum absolute atomic E-state index is 11.1. The number of carboxylic acids is 1. The van der Waals surface area contributed by atoms with E-state index in [1.807, 2.05) is 0 Å². The quantitative estimate of drug-likeness (QED) is 0.840. The van der Waals surface area contributed by atoms with E-state index in [0.717, 1.165) is 19.0 Å². The lowest BCUT2D eigenvalue weighted by molar-refractivity contribution is -0.145. The van der Waals surface area contributed by atoms with Gasteiger partial charge in [-0.1, -0.05) is 12.8 Å². The minimum atomic E-state index is -0.692. The third-order valence-electron chi connectivity index (χ3n) is 6.12. The number of carboxylic acid groups (broad SMARTS) is 1. The van der Waals surface area contributed by atoms with E-state index in [4.69, 9.17) is 5.11 Å². The molecular formula is C17H29NO3. The van der Waals surface area contributed by atoms with Gasteiger partial charge in [-0.25, -0.2) is 0 Å². The van der Waals surface area contributed by atoms with Gasteiger partial charge in [0.05, 0.1) is 11.5 Å². The van der Waals surface area contributed by atoms with Crippen LogP contribution in [0.3, 0.4) is 0 Å². The van der Waals surface area contributed by atoms with Crippen LogP contribution in [0.5, 0.6) is 0 Å². The highest BCUT2D eigenvalue weighted by Crippen LogP contribution is 2.38. The molecule has 2 saturated carbocycles. The molecule has 1 aliphatic heterocycles. The normalized spacial score (nSPS) is 41.5. The van der Waals surface area contributed by atoms with Gasteiger partial charge in [-0.05, 0) is 63.8 Å². The molecule has 1 saturated heterocycles. The Morgan fingerprint density at radius 1 is 1.05 bits per heavy atom. The van der Waals surface area contributed by atoms with Crippen LogP contribution in [-0.4, -0.2) is 45.8 Å². The van der Waals surface area contributed by atoms with Gasteiger partial charge in [0.1, 0.15) is 0 Å². The van der Waals surface area contributed by atoms with E-state index in [1.54, 1.807) is 0 Å². The summed E-state index contributed by atoms with van der Waals surface area (Å²) in [6, 6.07) is 0.675. The van der Waals surface area contributed by atoms with Crippen molar-refractivity contribution in [2.24, 2.45) is 11.8 Å². The molecule has 4 nitrogen and oxygen atoms in total. The monoisotopic (exact) mass is 295 g/mol. The number of piperidine rings is 1. The topological polar surface area (TPSA) is 60.8 Å². The van der Waals surface area contributed by atoms with Gasteiger partial charge in [0.2, 0.25) is 0 Å². The summed E-state index contributed by atoms with van der Waals surface area (Å²) < 4.78 is 0. The molecule has 0 bridgehead atoms. The first-order chi connectivity index (χ1) is 10.1. The zero-order valence-corrected chi connectivity index (χ0v) is 13.0. The SMILES string of the molecule is O=C(O)C1CCC(O)(CN2CCC[C@H]3CCCC[C@H]32)CC1. The summed E-state index contributed by atoms with van der Waals surface area (Å²) in [5.74, 6) is -0.0946. The van der Waals surface area contributed by atoms with Crippen LogP contribution < -0.4 is 0 Å². The van der Waals surface area contributed by atoms with Crippen LogP contribution in [0, 0.1) is 11.8 Å². The number of nitrogens with zero attached hydrogens (tertiary/aromatic N) is 1. The van der Waals surface area contributed by atoms with E-state index in [2.05, 4.69) is 4.90 Å². The summed E-state index contributed by atoms with van der Waals surface area (Å²) in [6.07, 6.45) is 10.5. The number of rotatable bonds is 3. The molecule has 3 aliphatic rings. The third-order valence-corrected chi connectivity index (χ3v) is 6.12. The van der Waals surface area contributed by atoms with Crippen LogP contribution in [0.25, 0.3) is 0 Å². The average Bonchev–Trinajstić information content (AvgIpc) is 2.48. The van der Waals surface area contributed by atoms with Crippen molar-refractivity contribution in [3.05, 3.63) is 0 Å². The predicted molar refractivity (Wildman–Crippen MR) is 81.1 cm³/mol. The highest BCUT2D eigenvalue weighted by atomic mass is 16.4. The van der Waals surface area contributed by atoms with Gasteiger partial charge in [0.25, 0.3) is 0 Å². The predicted octanol–water partition coefficient (Wildman–Crippen LogP) is 2.65. The molecule has 0 aromatic heterocycles. The maximum atomic E-state index is 11.1. The maximum Gasteiger partial charge on any atom is 0.306 e. The Balaban J connectivity index is 1.59. The number of aliphatic hydroxyl groups is 1.